The molecule has 0 aliphatic rings. The SMILES string of the molecule is Cc1ccc(N(C(C)C(=O)Nc2cc([N+](=O)[O-])ccc2Cl)S(C)(=O)=O)cc1Cl. The van der Waals surface area contributed by atoms with Gasteiger partial charge in [0.25, 0.3) is 5.69 Å². The molecule has 2 aromatic carbocycles. The molecule has 0 aliphatic carbocycles. The number of carbonyl (C=O) groups is 1. The lowest BCUT2D eigenvalue weighted by molar-refractivity contribution is -0.384. The molecule has 2 rings (SSSR count). The minimum atomic E-state index is -3.84. The Morgan fingerprint density at radius 3 is 2.36 bits per heavy atom. The van der Waals surface area contributed by atoms with E-state index >= 15 is 0 Å². The molecular weight excluding hydrogens is 429 g/mol. The predicted octanol–water partition coefficient (Wildman–Crippen LogP) is 4.00. The van der Waals surface area contributed by atoms with Gasteiger partial charge < -0.3 is 5.32 Å². The van der Waals surface area contributed by atoms with Gasteiger partial charge >= 0.3 is 0 Å². The number of nitrogens with zero attached hydrogens (tertiary/aromatic N) is 2. The zero-order valence-electron chi connectivity index (χ0n) is 15.1. The summed E-state index contributed by atoms with van der Waals surface area (Å²) in [5, 5.41) is 13.8. The molecule has 1 amide bonds. The molecule has 1 unspecified atom stereocenters. The number of amides is 1. The molecule has 28 heavy (non-hydrogen) atoms. The molecule has 0 saturated heterocycles. The van der Waals surface area contributed by atoms with Gasteiger partial charge in [-0.2, -0.15) is 0 Å². The number of nitro groups is 1. The second-order valence-electron chi connectivity index (χ2n) is 6.08. The largest absolute Gasteiger partial charge is 0.323 e. The summed E-state index contributed by atoms with van der Waals surface area (Å²) in [6.07, 6.45) is 0.963. The maximum absolute atomic E-state index is 12.7. The summed E-state index contributed by atoms with van der Waals surface area (Å²) in [5.41, 5.74) is 0.700. The number of hydrogen-bond donors (Lipinski definition) is 1. The average Bonchev–Trinajstić information content (AvgIpc) is 2.58. The molecule has 1 atom stereocenters. The Hall–Kier alpha value is -2.36. The van der Waals surface area contributed by atoms with Crippen LogP contribution in [0, 0.1) is 17.0 Å². The lowest BCUT2D eigenvalue weighted by Gasteiger charge is -2.28. The van der Waals surface area contributed by atoms with E-state index in [0.29, 0.717) is 5.02 Å². The third kappa shape index (κ3) is 4.92. The van der Waals surface area contributed by atoms with E-state index < -0.39 is 26.9 Å². The molecular formula is C17H17Cl2N3O5S. The van der Waals surface area contributed by atoms with Gasteiger partial charge in [0.15, 0.2) is 0 Å². The van der Waals surface area contributed by atoms with Crippen molar-refractivity contribution in [3.8, 4) is 0 Å². The number of nitro benzene ring substituents is 1. The number of anilines is 2. The Morgan fingerprint density at radius 1 is 1.18 bits per heavy atom. The highest BCUT2D eigenvalue weighted by molar-refractivity contribution is 7.92. The van der Waals surface area contributed by atoms with Crippen LogP contribution in [0.2, 0.25) is 10.0 Å². The van der Waals surface area contributed by atoms with Crippen molar-refractivity contribution in [2.24, 2.45) is 0 Å². The van der Waals surface area contributed by atoms with Gasteiger partial charge in [0.2, 0.25) is 15.9 Å². The minimum Gasteiger partial charge on any atom is -0.323 e. The molecule has 0 aliphatic heterocycles. The number of sulfonamides is 1. The Balaban J connectivity index is 2.38. The monoisotopic (exact) mass is 445 g/mol. The Kier molecular flexibility index (Phi) is 6.53. The van der Waals surface area contributed by atoms with Crippen LogP contribution in [-0.2, 0) is 14.8 Å². The van der Waals surface area contributed by atoms with Crippen molar-refractivity contribution in [2.75, 3.05) is 15.9 Å². The Morgan fingerprint density at radius 2 is 1.82 bits per heavy atom. The number of benzene rings is 2. The molecule has 150 valence electrons. The molecule has 0 spiro atoms. The number of aryl methyl sites for hydroxylation is 1. The van der Waals surface area contributed by atoms with Crippen molar-refractivity contribution in [3.05, 3.63) is 62.1 Å². The number of rotatable bonds is 6. The molecule has 0 bridgehead atoms. The molecule has 11 heteroatoms. The van der Waals surface area contributed by atoms with E-state index in [2.05, 4.69) is 5.32 Å². The average molecular weight is 446 g/mol. The van der Waals surface area contributed by atoms with Crippen LogP contribution in [0.3, 0.4) is 0 Å². The van der Waals surface area contributed by atoms with Crippen molar-refractivity contribution < 1.29 is 18.1 Å². The summed E-state index contributed by atoms with van der Waals surface area (Å²) >= 11 is 12.1. The zero-order valence-corrected chi connectivity index (χ0v) is 17.5. The summed E-state index contributed by atoms with van der Waals surface area (Å²) in [5.74, 6) is -0.718. The highest BCUT2D eigenvalue weighted by atomic mass is 35.5. The van der Waals surface area contributed by atoms with Gasteiger partial charge in [0.1, 0.15) is 6.04 Å². The van der Waals surface area contributed by atoms with Crippen LogP contribution < -0.4 is 9.62 Å². The Labute approximate surface area is 172 Å². The normalized spacial score (nSPS) is 12.3. The van der Waals surface area contributed by atoms with E-state index in [0.717, 1.165) is 22.2 Å². The molecule has 0 fully saturated rings. The van der Waals surface area contributed by atoms with E-state index in [9.17, 15) is 23.3 Å². The van der Waals surface area contributed by atoms with Crippen LogP contribution in [0.4, 0.5) is 17.1 Å². The first-order valence-corrected chi connectivity index (χ1v) is 10.5. The first kappa shape index (κ1) is 21.9. The molecule has 0 aromatic heterocycles. The number of non-ortho nitro benzene ring substituents is 1. The van der Waals surface area contributed by atoms with Crippen LogP contribution in [0.15, 0.2) is 36.4 Å². The van der Waals surface area contributed by atoms with Gasteiger partial charge in [-0.1, -0.05) is 29.3 Å². The second-order valence-corrected chi connectivity index (χ2v) is 8.75. The van der Waals surface area contributed by atoms with Gasteiger partial charge in [-0.3, -0.25) is 19.2 Å². The van der Waals surface area contributed by atoms with Crippen LogP contribution in [0.1, 0.15) is 12.5 Å². The second kappa shape index (κ2) is 8.34. The summed E-state index contributed by atoms with van der Waals surface area (Å²) < 4.78 is 25.6. The maximum Gasteiger partial charge on any atom is 0.271 e. The highest BCUT2D eigenvalue weighted by Crippen LogP contribution is 2.29. The lowest BCUT2D eigenvalue weighted by Crippen LogP contribution is -2.45. The summed E-state index contributed by atoms with van der Waals surface area (Å²) in [7, 11) is -3.84. The van der Waals surface area contributed by atoms with Crippen LogP contribution >= 0.6 is 23.2 Å². The molecule has 8 nitrogen and oxygen atoms in total. The van der Waals surface area contributed by atoms with Crippen molar-refractivity contribution in [1.29, 1.82) is 0 Å². The van der Waals surface area contributed by atoms with Crippen LogP contribution in [0.5, 0.6) is 0 Å². The van der Waals surface area contributed by atoms with Crippen molar-refractivity contribution in [1.82, 2.24) is 0 Å². The van der Waals surface area contributed by atoms with E-state index in [1.165, 1.54) is 31.2 Å². The van der Waals surface area contributed by atoms with Gasteiger partial charge in [-0.05, 0) is 37.6 Å². The smallest absolute Gasteiger partial charge is 0.271 e. The number of carbonyl (C=O) groups excluding carboxylic acids is 1. The molecule has 0 radical (unpaired) electrons. The van der Waals surface area contributed by atoms with E-state index in [4.69, 9.17) is 23.2 Å². The summed E-state index contributed by atoms with van der Waals surface area (Å²) in [6, 6.07) is 7.00. The van der Waals surface area contributed by atoms with Gasteiger partial charge in [0.05, 0.1) is 27.6 Å². The quantitative estimate of drug-likeness (QED) is 0.533. The lowest BCUT2D eigenvalue weighted by atomic mass is 10.2. The standard InChI is InChI=1S/C17H17Cl2N3O5S/c1-10-4-5-12(8-15(10)19)21(28(3,26)27)11(2)17(23)20-16-9-13(22(24)25)6-7-14(16)18/h4-9,11H,1-3H3,(H,20,23). The predicted molar refractivity (Wildman–Crippen MR) is 110 cm³/mol. The van der Waals surface area contributed by atoms with Crippen LogP contribution in [0.25, 0.3) is 0 Å². The first-order chi connectivity index (χ1) is 12.9. The molecule has 0 heterocycles. The fourth-order valence-electron chi connectivity index (χ4n) is 2.49. The number of nitrogens with one attached hydrogen (secondary N) is 1. The third-order valence-corrected chi connectivity index (χ3v) is 5.90. The molecule has 0 saturated carbocycles. The van der Waals surface area contributed by atoms with Crippen molar-refractivity contribution >= 4 is 56.2 Å². The van der Waals surface area contributed by atoms with E-state index in [1.807, 2.05) is 0 Å². The number of halogens is 2. The summed E-state index contributed by atoms with van der Waals surface area (Å²) in [4.78, 5) is 23.0. The van der Waals surface area contributed by atoms with E-state index in [-0.39, 0.29) is 22.1 Å². The fraction of sp³-hybridized carbons (Fsp3) is 0.235. The third-order valence-electron chi connectivity index (χ3n) is 3.92. The summed E-state index contributed by atoms with van der Waals surface area (Å²) in [6.45, 7) is 3.15. The fourth-order valence-corrected chi connectivity index (χ4v) is 3.99. The first-order valence-electron chi connectivity index (χ1n) is 7.92. The topological polar surface area (TPSA) is 110 Å². The molecule has 2 aromatic rings. The Bertz CT molecular complexity index is 1040. The van der Waals surface area contributed by atoms with Crippen LogP contribution in [-0.4, -0.2) is 31.5 Å². The van der Waals surface area contributed by atoms with Crippen molar-refractivity contribution in [2.45, 2.75) is 19.9 Å². The molecule has 1 N–H and O–H groups in total. The maximum atomic E-state index is 12.7. The number of hydrogen-bond acceptors (Lipinski definition) is 5. The van der Waals surface area contributed by atoms with Gasteiger partial charge in [-0.25, -0.2) is 8.42 Å². The van der Waals surface area contributed by atoms with Gasteiger partial charge in [-0.15, -0.1) is 0 Å². The van der Waals surface area contributed by atoms with E-state index in [1.54, 1.807) is 13.0 Å². The van der Waals surface area contributed by atoms with Crippen molar-refractivity contribution in [3.63, 3.8) is 0 Å². The highest BCUT2D eigenvalue weighted by Gasteiger charge is 2.30. The zero-order chi connectivity index (χ0) is 21.2. The minimum absolute atomic E-state index is 0.00288. The van der Waals surface area contributed by atoms with Gasteiger partial charge in [0, 0.05) is 17.2 Å².